The van der Waals surface area contributed by atoms with Gasteiger partial charge in [-0.05, 0) is 64.3 Å². The van der Waals surface area contributed by atoms with Crippen molar-refractivity contribution in [2.24, 2.45) is 0 Å². The topological polar surface area (TPSA) is 134 Å². The van der Waals surface area contributed by atoms with E-state index in [2.05, 4.69) is 23.3 Å². The Bertz CT molecular complexity index is 949. The van der Waals surface area contributed by atoms with Gasteiger partial charge in [-0.3, -0.25) is 14.4 Å². The third-order valence-corrected chi connectivity index (χ3v) is 5.85. The lowest BCUT2D eigenvalue weighted by Crippen LogP contribution is -2.54. The van der Waals surface area contributed by atoms with Gasteiger partial charge in [0.15, 0.2) is 0 Å². The van der Waals surface area contributed by atoms with Gasteiger partial charge in [0.2, 0.25) is 11.8 Å². The molecule has 0 bridgehead atoms. The van der Waals surface area contributed by atoms with E-state index in [0.717, 1.165) is 12.8 Å². The molecule has 0 saturated heterocycles. The monoisotopic (exact) mass is 553 g/mol. The van der Waals surface area contributed by atoms with Gasteiger partial charge in [-0.1, -0.05) is 25.8 Å². The minimum absolute atomic E-state index is 0.0197. The normalized spacial score (nSPS) is 12.7. The van der Waals surface area contributed by atoms with Crippen LogP contribution in [0.2, 0.25) is 0 Å². The van der Waals surface area contributed by atoms with Crippen LogP contribution in [-0.4, -0.2) is 71.0 Å². The van der Waals surface area contributed by atoms with Gasteiger partial charge in [-0.15, -0.1) is 0 Å². The lowest BCUT2D eigenvalue weighted by molar-refractivity contribution is -0.144. The summed E-state index contributed by atoms with van der Waals surface area (Å²) in [4.78, 5) is 53.0. The number of aromatic hydroxyl groups is 1. The zero-order chi connectivity index (χ0) is 28.9. The van der Waals surface area contributed by atoms with E-state index in [0.29, 0.717) is 17.5 Å². The van der Waals surface area contributed by atoms with Gasteiger partial charge in [-0.2, -0.15) is 12.6 Å². The molecule has 3 N–H and O–H groups in total. The second-order valence-electron chi connectivity index (χ2n) is 9.91. The SMILES string of the molecule is CCCCCN(C(=O)C(CS)NC(=O)OC(C)(C)C)C(C(=O)NCCC(=O)OCC)c1ccc(O)c(C)c1. The molecule has 0 fully saturated rings. The number of nitrogens with zero attached hydrogens (tertiary/aromatic N) is 1. The van der Waals surface area contributed by atoms with Gasteiger partial charge in [0.25, 0.3) is 0 Å². The smallest absolute Gasteiger partial charge is 0.408 e. The molecule has 1 rings (SSSR count). The van der Waals surface area contributed by atoms with Crippen LogP contribution >= 0.6 is 12.6 Å². The number of nitrogens with one attached hydrogen (secondary N) is 2. The fourth-order valence-corrected chi connectivity index (χ4v) is 3.92. The molecular formula is C27H43N3O7S. The highest BCUT2D eigenvalue weighted by atomic mass is 32.1. The fraction of sp³-hybridized carbons (Fsp3) is 0.630. The Balaban J connectivity index is 3.37. The van der Waals surface area contributed by atoms with Crippen molar-refractivity contribution in [3.8, 4) is 5.75 Å². The Morgan fingerprint density at radius 1 is 1.13 bits per heavy atom. The first-order valence-corrected chi connectivity index (χ1v) is 13.6. The van der Waals surface area contributed by atoms with Crippen LogP contribution in [0.1, 0.15) is 77.5 Å². The fourth-order valence-electron chi connectivity index (χ4n) is 3.67. The van der Waals surface area contributed by atoms with Crippen molar-refractivity contribution in [1.82, 2.24) is 15.5 Å². The number of amides is 3. The van der Waals surface area contributed by atoms with Gasteiger partial charge in [0.1, 0.15) is 23.4 Å². The van der Waals surface area contributed by atoms with E-state index < -0.39 is 41.6 Å². The Hall–Kier alpha value is -2.95. The second-order valence-corrected chi connectivity index (χ2v) is 10.3. The number of aryl methyl sites for hydroxylation is 1. The zero-order valence-corrected chi connectivity index (χ0v) is 24.2. The highest BCUT2D eigenvalue weighted by Crippen LogP contribution is 2.27. The van der Waals surface area contributed by atoms with Crippen molar-refractivity contribution in [2.75, 3.05) is 25.4 Å². The molecule has 2 atom stereocenters. The minimum Gasteiger partial charge on any atom is -0.508 e. The molecule has 0 aromatic heterocycles. The zero-order valence-electron chi connectivity index (χ0n) is 23.3. The van der Waals surface area contributed by atoms with Crippen molar-refractivity contribution in [3.05, 3.63) is 29.3 Å². The van der Waals surface area contributed by atoms with Crippen molar-refractivity contribution in [2.45, 2.75) is 84.9 Å². The van der Waals surface area contributed by atoms with Gasteiger partial charge < -0.3 is 30.1 Å². The average molecular weight is 554 g/mol. The van der Waals surface area contributed by atoms with Gasteiger partial charge in [0, 0.05) is 18.8 Å². The molecule has 0 saturated carbocycles. The first kappa shape index (κ1) is 33.1. The number of phenols is 1. The molecule has 2 unspecified atom stereocenters. The Morgan fingerprint density at radius 2 is 1.82 bits per heavy atom. The summed E-state index contributed by atoms with van der Waals surface area (Å²) in [6.45, 7) is 11.0. The third kappa shape index (κ3) is 11.2. The van der Waals surface area contributed by atoms with Gasteiger partial charge in [0.05, 0.1) is 13.0 Å². The molecular weight excluding hydrogens is 510 g/mol. The number of carbonyl (C=O) groups is 4. The molecule has 0 heterocycles. The van der Waals surface area contributed by atoms with Crippen LogP contribution in [0.15, 0.2) is 18.2 Å². The molecule has 0 aliphatic carbocycles. The number of hydrogen-bond acceptors (Lipinski definition) is 8. The van der Waals surface area contributed by atoms with E-state index in [4.69, 9.17) is 9.47 Å². The quantitative estimate of drug-likeness (QED) is 0.157. The first-order chi connectivity index (χ1) is 17.8. The summed E-state index contributed by atoms with van der Waals surface area (Å²) in [6, 6.07) is 2.55. The Labute approximate surface area is 231 Å². The number of rotatable bonds is 14. The lowest BCUT2D eigenvalue weighted by atomic mass is 10.00. The molecule has 11 heteroatoms. The minimum atomic E-state index is -1.08. The summed E-state index contributed by atoms with van der Waals surface area (Å²) in [5.41, 5.74) is 0.249. The predicted octanol–water partition coefficient (Wildman–Crippen LogP) is 3.65. The predicted molar refractivity (Wildman–Crippen MR) is 148 cm³/mol. The molecule has 1 aromatic rings. The highest BCUT2D eigenvalue weighted by molar-refractivity contribution is 7.80. The van der Waals surface area contributed by atoms with E-state index in [1.807, 2.05) is 6.92 Å². The van der Waals surface area contributed by atoms with E-state index in [1.54, 1.807) is 46.8 Å². The lowest BCUT2D eigenvalue weighted by Gasteiger charge is -2.34. The van der Waals surface area contributed by atoms with Crippen LogP contribution in [0.5, 0.6) is 5.75 Å². The van der Waals surface area contributed by atoms with E-state index >= 15 is 0 Å². The molecule has 38 heavy (non-hydrogen) atoms. The molecule has 1 aromatic carbocycles. The number of ether oxygens (including phenoxy) is 2. The number of hydrogen-bond donors (Lipinski definition) is 4. The maximum absolute atomic E-state index is 13.8. The number of carbonyl (C=O) groups excluding carboxylic acids is 4. The largest absolute Gasteiger partial charge is 0.508 e. The van der Waals surface area contributed by atoms with Crippen LogP contribution in [0, 0.1) is 6.92 Å². The molecule has 0 aliphatic rings. The molecule has 3 amide bonds. The molecule has 214 valence electrons. The second kappa shape index (κ2) is 16.1. The van der Waals surface area contributed by atoms with Crippen molar-refractivity contribution < 1.29 is 33.8 Å². The Kier molecular flexibility index (Phi) is 14.0. The number of benzene rings is 1. The number of alkyl carbamates (subject to hydrolysis) is 1. The van der Waals surface area contributed by atoms with Crippen molar-refractivity contribution in [1.29, 1.82) is 0 Å². The maximum Gasteiger partial charge on any atom is 0.408 e. The summed E-state index contributed by atoms with van der Waals surface area (Å²) in [7, 11) is 0. The van der Waals surface area contributed by atoms with Gasteiger partial charge >= 0.3 is 12.1 Å². The summed E-state index contributed by atoms with van der Waals surface area (Å²) in [5, 5.41) is 15.4. The number of unbranched alkanes of at least 4 members (excludes halogenated alkanes) is 2. The summed E-state index contributed by atoms with van der Waals surface area (Å²) in [6.07, 6.45) is 1.54. The number of phenolic OH excluding ortho intramolecular Hbond substituents is 1. The van der Waals surface area contributed by atoms with Crippen LogP contribution in [0.4, 0.5) is 4.79 Å². The number of esters is 1. The molecule has 10 nitrogen and oxygen atoms in total. The van der Waals surface area contributed by atoms with Crippen molar-refractivity contribution >= 4 is 36.5 Å². The van der Waals surface area contributed by atoms with E-state index in [-0.39, 0.29) is 37.6 Å². The molecule has 0 radical (unpaired) electrons. The summed E-state index contributed by atoms with van der Waals surface area (Å²) in [5.74, 6) is -1.41. The van der Waals surface area contributed by atoms with Crippen molar-refractivity contribution in [3.63, 3.8) is 0 Å². The first-order valence-electron chi connectivity index (χ1n) is 13.0. The van der Waals surface area contributed by atoms with Gasteiger partial charge in [-0.25, -0.2) is 4.79 Å². The standard InChI is InChI=1S/C27H43N3O7S/c1-7-9-10-15-30(25(34)20(17-38)29-26(35)37-27(4,5)6)23(19-11-12-21(31)18(3)16-19)24(33)28-14-13-22(32)36-8-2/h11-12,16,20,23,31,38H,7-10,13-15,17H2,1-6H3,(H,28,33)(H,29,35). The average Bonchev–Trinajstić information content (AvgIpc) is 2.82. The molecule has 0 spiro atoms. The summed E-state index contributed by atoms with van der Waals surface area (Å²) < 4.78 is 10.2. The van der Waals surface area contributed by atoms with Crippen LogP contribution < -0.4 is 10.6 Å². The highest BCUT2D eigenvalue weighted by Gasteiger charge is 2.35. The maximum atomic E-state index is 13.8. The number of thiol groups is 1. The van der Waals surface area contributed by atoms with Crippen LogP contribution in [-0.2, 0) is 23.9 Å². The van der Waals surface area contributed by atoms with Crippen LogP contribution in [0.3, 0.4) is 0 Å². The van der Waals surface area contributed by atoms with E-state index in [9.17, 15) is 24.3 Å². The van der Waals surface area contributed by atoms with E-state index in [1.165, 1.54) is 11.0 Å². The van der Waals surface area contributed by atoms with Crippen LogP contribution in [0.25, 0.3) is 0 Å². The molecule has 0 aliphatic heterocycles. The Morgan fingerprint density at radius 3 is 2.37 bits per heavy atom. The third-order valence-electron chi connectivity index (χ3n) is 5.49. The summed E-state index contributed by atoms with van der Waals surface area (Å²) >= 11 is 4.28.